The number of hydrogen-bond donors (Lipinski definition) is 0. The molecule has 0 spiro atoms. The minimum Gasteiger partial charge on any atom is -0.455 e. The molecule has 1 heterocycles. The molecule has 13 rings (SSSR count). The maximum atomic E-state index is 7.01. The second kappa shape index (κ2) is 14.8. The van der Waals surface area contributed by atoms with E-state index < -0.39 is 5.41 Å². The van der Waals surface area contributed by atoms with Gasteiger partial charge in [0.05, 0.1) is 5.41 Å². The molecule has 0 unspecified atom stereocenters. The molecule has 0 radical (unpaired) electrons. The summed E-state index contributed by atoms with van der Waals surface area (Å²) < 4.78 is 7.01. The first-order valence-corrected chi connectivity index (χ1v) is 22.4. The highest BCUT2D eigenvalue weighted by Crippen LogP contribution is 2.57. The fourth-order valence-corrected chi connectivity index (χ4v) is 10.9. The molecule has 0 N–H and O–H groups in total. The Balaban J connectivity index is 1.06. The van der Waals surface area contributed by atoms with Gasteiger partial charge in [0.1, 0.15) is 11.2 Å². The van der Waals surface area contributed by atoms with Crippen LogP contribution in [-0.4, -0.2) is 0 Å². The summed E-state index contributed by atoms with van der Waals surface area (Å²) in [5.74, 6) is 0. The maximum absolute atomic E-state index is 7.01. The highest BCUT2D eigenvalue weighted by Gasteiger charge is 2.46. The van der Waals surface area contributed by atoms with E-state index in [9.17, 15) is 0 Å². The van der Waals surface area contributed by atoms with E-state index in [1.807, 2.05) is 0 Å². The number of fused-ring (bicyclic) bond motifs is 8. The largest absolute Gasteiger partial charge is 0.455 e. The van der Waals surface area contributed by atoms with E-state index in [2.05, 4.69) is 254 Å². The highest BCUT2D eigenvalue weighted by molar-refractivity contribution is 6.21. The van der Waals surface area contributed by atoms with Crippen molar-refractivity contribution in [2.75, 3.05) is 4.90 Å². The van der Waals surface area contributed by atoms with E-state index in [-0.39, 0.29) is 0 Å². The number of anilines is 3. The Morgan fingerprint density at radius 1 is 0.323 bits per heavy atom. The summed E-state index contributed by atoms with van der Waals surface area (Å²) in [6.45, 7) is 0. The average molecular weight is 828 g/mol. The minimum atomic E-state index is -0.531. The second-order valence-corrected chi connectivity index (χ2v) is 17.2. The van der Waals surface area contributed by atoms with E-state index in [0.717, 1.165) is 44.6 Å². The number of nitrogens with zero attached hydrogens (tertiary/aromatic N) is 1. The number of hydrogen-bond acceptors (Lipinski definition) is 2. The van der Waals surface area contributed by atoms with Crippen molar-refractivity contribution in [2.24, 2.45) is 0 Å². The third-order valence-electron chi connectivity index (χ3n) is 13.7. The lowest BCUT2D eigenvalue weighted by molar-refractivity contribution is 0.670. The first-order chi connectivity index (χ1) is 32.2. The van der Waals surface area contributed by atoms with E-state index in [4.69, 9.17) is 4.42 Å². The van der Waals surface area contributed by atoms with Crippen LogP contribution in [0.15, 0.2) is 253 Å². The zero-order valence-corrected chi connectivity index (χ0v) is 35.5. The van der Waals surface area contributed by atoms with E-state index in [0.29, 0.717) is 0 Å². The summed E-state index contributed by atoms with van der Waals surface area (Å²) in [4.78, 5) is 2.42. The average Bonchev–Trinajstić information content (AvgIpc) is 3.89. The Morgan fingerprint density at radius 3 is 1.65 bits per heavy atom. The van der Waals surface area contributed by atoms with Crippen LogP contribution in [0.25, 0.3) is 76.9 Å². The number of benzene rings is 11. The van der Waals surface area contributed by atoms with Gasteiger partial charge in [-0.15, -0.1) is 0 Å². The molecule has 0 fully saturated rings. The van der Waals surface area contributed by atoms with Crippen LogP contribution in [0.3, 0.4) is 0 Å². The van der Waals surface area contributed by atoms with Crippen molar-refractivity contribution in [2.45, 2.75) is 5.41 Å². The molecule has 0 amide bonds. The topological polar surface area (TPSA) is 16.4 Å². The van der Waals surface area contributed by atoms with Crippen molar-refractivity contribution in [3.63, 3.8) is 0 Å². The molecule has 1 aliphatic carbocycles. The van der Waals surface area contributed by atoms with Crippen molar-refractivity contribution < 1.29 is 4.42 Å². The van der Waals surface area contributed by atoms with Crippen LogP contribution in [0, 0.1) is 0 Å². The molecule has 0 saturated heterocycles. The molecular weight excluding hydrogens is 787 g/mol. The van der Waals surface area contributed by atoms with Crippen molar-refractivity contribution in [3.05, 3.63) is 271 Å². The molecule has 0 saturated carbocycles. The first-order valence-electron chi connectivity index (χ1n) is 22.4. The molecule has 0 aliphatic heterocycles. The van der Waals surface area contributed by atoms with Crippen LogP contribution < -0.4 is 4.90 Å². The zero-order chi connectivity index (χ0) is 42.9. The Morgan fingerprint density at radius 2 is 0.877 bits per heavy atom. The lowest BCUT2D eigenvalue weighted by Gasteiger charge is -2.35. The molecule has 2 nitrogen and oxygen atoms in total. The van der Waals surface area contributed by atoms with Gasteiger partial charge in [0, 0.05) is 33.4 Å². The van der Waals surface area contributed by atoms with Gasteiger partial charge in [-0.2, -0.15) is 0 Å². The smallest absolute Gasteiger partial charge is 0.143 e. The monoisotopic (exact) mass is 827 g/mol. The summed E-state index contributed by atoms with van der Waals surface area (Å²) in [6.07, 6.45) is 0. The molecule has 12 aromatic rings. The molecule has 11 aromatic carbocycles. The van der Waals surface area contributed by atoms with Crippen molar-refractivity contribution >= 4 is 60.5 Å². The number of furan rings is 1. The van der Waals surface area contributed by atoms with Gasteiger partial charge in [-0.1, -0.05) is 200 Å². The molecule has 2 heteroatoms. The van der Waals surface area contributed by atoms with E-state index >= 15 is 0 Å². The Labute approximate surface area is 377 Å². The first kappa shape index (κ1) is 37.1. The Hall–Kier alpha value is -8.46. The van der Waals surface area contributed by atoms with Crippen LogP contribution in [0.4, 0.5) is 17.1 Å². The molecule has 0 bridgehead atoms. The molecule has 304 valence electrons. The van der Waals surface area contributed by atoms with Crippen LogP contribution >= 0.6 is 0 Å². The Kier molecular flexibility index (Phi) is 8.47. The van der Waals surface area contributed by atoms with Crippen molar-refractivity contribution in [3.8, 4) is 33.4 Å². The van der Waals surface area contributed by atoms with Crippen molar-refractivity contribution in [1.29, 1.82) is 0 Å². The lowest BCUT2D eigenvalue weighted by atomic mass is 9.67. The SMILES string of the molecule is c1ccc(-c2ccc(N(c3ccc4c(c3)C(c3ccccc3)(c3ccccc3)c3ccccc3-4)c3ccc4oc5c(-c6cccc7ccccc67)c6ccccc6cc5c4c3)cc2)cc1. The van der Waals surface area contributed by atoms with Crippen molar-refractivity contribution in [1.82, 2.24) is 0 Å². The van der Waals surface area contributed by atoms with Gasteiger partial charge in [-0.3, -0.25) is 0 Å². The summed E-state index contributed by atoms with van der Waals surface area (Å²) in [5.41, 5.74) is 16.6. The van der Waals surface area contributed by atoms with Gasteiger partial charge in [-0.25, -0.2) is 0 Å². The predicted molar refractivity (Wildman–Crippen MR) is 272 cm³/mol. The molecule has 1 aromatic heterocycles. The molecule has 1 aliphatic rings. The fraction of sp³-hybridized carbons (Fsp3) is 0.0159. The zero-order valence-electron chi connectivity index (χ0n) is 35.5. The van der Waals surface area contributed by atoms with Gasteiger partial charge in [-0.05, 0) is 120 Å². The summed E-state index contributed by atoms with van der Waals surface area (Å²) in [6, 6.07) is 90.7. The third kappa shape index (κ3) is 5.74. The van der Waals surface area contributed by atoms with Crippen LogP contribution in [0.2, 0.25) is 0 Å². The summed E-state index contributed by atoms with van der Waals surface area (Å²) in [5, 5.41) is 6.95. The standard InChI is InChI=1S/C63H41NO/c1-4-17-42(18-5-1)43-31-33-48(34-32-43)64(50-35-37-54-53-28-14-15-30-58(53)63(59(54)41-50,46-22-6-2-7-23-46)47-24-8-3-9-25-47)49-36-38-60-56(40-49)57-39-45-20-11-13-27-52(45)61(62(57)65-60)55-29-16-21-44-19-10-12-26-51(44)55/h1-41H. The molecular formula is C63H41NO. The van der Waals surface area contributed by atoms with Crippen LogP contribution in [0.1, 0.15) is 22.3 Å². The summed E-state index contributed by atoms with van der Waals surface area (Å²) in [7, 11) is 0. The lowest BCUT2D eigenvalue weighted by Crippen LogP contribution is -2.28. The Bertz CT molecular complexity index is 3710. The van der Waals surface area contributed by atoms with Gasteiger partial charge in [0.25, 0.3) is 0 Å². The molecule has 65 heavy (non-hydrogen) atoms. The normalized spacial score (nSPS) is 12.7. The summed E-state index contributed by atoms with van der Waals surface area (Å²) >= 11 is 0. The second-order valence-electron chi connectivity index (χ2n) is 17.2. The highest BCUT2D eigenvalue weighted by atomic mass is 16.3. The van der Waals surface area contributed by atoms with Gasteiger partial charge >= 0.3 is 0 Å². The van der Waals surface area contributed by atoms with Gasteiger partial charge in [0.15, 0.2) is 0 Å². The van der Waals surface area contributed by atoms with Gasteiger partial charge in [0.2, 0.25) is 0 Å². The van der Waals surface area contributed by atoms with Crippen LogP contribution in [-0.2, 0) is 5.41 Å². The third-order valence-corrected chi connectivity index (χ3v) is 13.7. The van der Waals surface area contributed by atoms with E-state index in [1.165, 1.54) is 71.6 Å². The number of rotatable bonds is 7. The fourth-order valence-electron chi connectivity index (χ4n) is 10.9. The van der Waals surface area contributed by atoms with Gasteiger partial charge < -0.3 is 9.32 Å². The minimum absolute atomic E-state index is 0.531. The quantitative estimate of drug-likeness (QED) is 0.159. The maximum Gasteiger partial charge on any atom is 0.143 e. The van der Waals surface area contributed by atoms with E-state index in [1.54, 1.807) is 0 Å². The van der Waals surface area contributed by atoms with Crippen LogP contribution in [0.5, 0.6) is 0 Å². The predicted octanol–water partition coefficient (Wildman–Crippen LogP) is 17.1. The molecule has 0 atom stereocenters.